The molecule has 0 bridgehead atoms. The number of nitrogens with one attached hydrogen (secondary N) is 2. The van der Waals surface area contributed by atoms with Crippen LogP contribution in [0.5, 0.6) is 0 Å². The van der Waals surface area contributed by atoms with Gasteiger partial charge in [-0.1, -0.05) is 34.1 Å². The van der Waals surface area contributed by atoms with Crippen LogP contribution in [0.15, 0.2) is 53.0 Å². The summed E-state index contributed by atoms with van der Waals surface area (Å²) in [5.41, 5.74) is 1.42. The van der Waals surface area contributed by atoms with E-state index >= 15 is 0 Å². The number of hydrogen-bond donors (Lipinski definition) is 3. The summed E-state index contributed by atoms with van der Waals surface area (Å²) >= 11 is 8.42. The third-order valence-electron chi connectivity index (χ3n) is 2.49. The van der Waals surface area contributed by atoms with E-state index in [0.717, 1.165) is 5.69 Å². The molecule has 0 radical (unpaired) electrons. The molecule has 102 valence electrons. The molecule has 3 N–H and O–H groups in total. The van der Waals surface area contributed by atoms with Gasteiger partial charge < -0.3 is 15.7 Å². The largest absolute Gasteiger partial charge is 0.478 e. The van der Waals surface area contributed by atoms with Crippen molar-refractivity contribution in [3.05, 3.63) is 58.6 Å². The van der Waals surface area contributed by atoms with Crippen molar-refractivity contribution in [2.24, 2.45) is 0 Å². The summed E-state index contributed by atoms with van der Waals surface area (Å²) in [4.78, 5) is 11.2. The molecular formula is C14H11BrN2O2S. The van der Waals surface area contributed by atoms with Gasteiger partial charge in [0.2, 0.25) is 0 Å². The zero-order valence-corrected chi connectivity index (χ0v) is 12.7. The Morgan fingerprint density at radius 1 is 1.10 bits per heavy atom. The van der Waals surface area contributed by atoms with Crippen molar-refractivity contribution in [1.29, 1.82) is 0 Å². The van der Waals surface area contributed by atoms with Crippen molar-refractivity contribution in [2.75, 3.05) is 10.6 Å². The van der Waals surface area contributed by atoms with E-state index in [1.165, 1.54) is 6.07 Å². The second-order valence-corrected chi connectivity index (χ2v) is 5.26. The van der Waals surface area contributed by atoms with Crippen molar-refractivity contribution >= 4 is 50.6 Å². The molecule has 6 heteroatoms. The van der Waals surface area contributed by atoms with E-state index in [1.54, 1.807) is 12.1 Å². The molecule has 20 heavy (non-hydrogen) atoms. The normalized spacial score (nSPS) is 9.85. The Morgan fingerprint density at radius 2 is 1.80 bits per heavy atom. The lowest BCUT2D eigenvalue weighted by atomic mass is 10.2. The highest BCUT2D eigenvalue weighted by atomic mass is 79.9. The fraction of sp³-hybridized carbons (Fsp3) is 0. The minimum Gasteiger partial charge on any atom is -0.478 e. The smallest absolute Gasteiger partial charge is 0.337 e. The maximum Gasteiger partial charge on any atom is 0.337 e. The molecule has 2 aromatic rings. The van der Waals surface area contributed by atoms with Gasteiger partial charge >= 0.3 is 5.97 Å². The van der Waals surface area contributed by atoms with Gasteiger partial charge in [0.1, 0.15) is 0 Å². The summed E-state index contributed by atoms with van der Waals surface area (Å²) < 4.78 is 0.697. The zero-order chi connectivity index (χ0) is 14.5. The number of anilines is 2. The first-order valence-electron chi connectivity index (χ1n) is 5.72. The highest BCUT2D eigenvalue weighted by Crippen LogP contribution is 2.21. The van der Waals surface area contributed by atoms with Gasteiger partial charge in [-0.25, -0.2) is 4.79 Å². The van der Waals surface area contributed by atoms with E-state index in [2.05, 4.69) is 26.6 Å². The monoisotopic (exact) mass is 350 g/mol. The van der Waals surface area contributed by atoms with Gasteiger partial charge in [-0.05, 0) is 42.5 Å². The number of carboxylic acids is 1. The van der Waals surface area contributed by atoms with Crippen molar-refractivity contribution in [3.63, 3.8) is 0 Å². The molecule has 0 unspecified atom stereocenters. The summed E-state index contributed by atoms with van der Waals surface area (Å²) in [5.74, 6) is -1.02. The van der Waals surface area contributed by atoms with E-state index in [4.69, 9.17) is 17.3 Å². The molecule has 0 aliphatic heterocycles. The number of benzene rings is 2. The van der Waals surface area contributed by atoms with Crippen molar-refractivity contribution < 1.29 is 9.90 Å². The van der Waals surface area contributed by atoms with Crippen LogP contribution in [0.4, 0.5) is 11.4 Å². The average Bonchev–Trinajstić information content (AvgIpc) is 2.41. The molecule has 0 heterocycles. The Hall–Kier alpha value is -1.92. The van der Waals surface area contributed by atoms with E-state index in [1.807, 2.05) is 30.3 Å². The number of carboxylic acid groups (broad SMARTS) is 1. The average molecular weight is 351 g/mol. The molecule has 0 fully saturated rings. The molecule has 0 aliphatic carbocycles. The van der Waals surface area contributed by atoms with Crippen molar-refractivity contribution in [2.45, 2.75) is 0 Å². The maximum absolute atomic E-state index is 11.2. The number of thiocarbonyl (C=S) groups is 1. The molecular weight excluding hydrogens is 340 g/mol. The third kappa shape index (κ3) is 3.79. The SMILES string of the molecule is O=C(O)c1cc(Br)ccc1NC(=S)Nc1ccccc1. The van der Waals surface area contributed by atoms with Gasteiger partial charge in [-0.15, -0.1) is 0 Å². The summed E-state index contributed by atoms with van der Waals surface area (Å²) in [6, 6.07) is 14.3. The minimum atomic E-state index is -1.02. The maximum atomic E-state index is 11.2. The van der Waals surface area contributed by atoms with Crippen LogP contribution in [0, 0.1) is 0 Å². The van der Waals surface area contributed by atoms with E-state index in [-0.39, 0.29) is 5.56 Å². The van der Waals surface area contributed by atoms with Gasteiger partial charge in [0.25, 0.3) is 0 Å². The lowest BCUT2D eigenvalue weighted by molar-refractivity contribution is 0.0698. The van der Waals surface area contributed by atoms with Gasteiger partial charge in [-0.3, -0.25) is 0 Å². The number of aromatic carboxylic acids is 1. The molecule has 0 spiro atoms. The number of halogens is 1. The van der Waals surface area contributed by atoms with Crippen LogP contribution in [-0.4, -0.2) is 16.2 Å². The lowest BCUT2D eigenvalue weighted by Crippen LogP contribution is -2.20. The molecule has 2 aromatic carbocycles. The predicted molar refractivity (Wildman–Crippen MR) is 87.4 cm³/mol. The Labute approximate surface area is 130 Å². The lowest BCUT2D eigenvalue weighted by Gasteiger charge is -2.12. The summed E-state index contributed by atoms with van der Waals surface area (Å²) in [6.45, 7) is 0. The number of rotatable bonds is 3. The summed E-state index contributed by atoms with van der Waals surface area (Å²) in [7, 11) is 0. The van der Waals surface area contributed by atoms with Crippen LogP contribution < -0.4 is 10.6 Å². The van der Waals surface area contributed by atoms with Crippen molar-refractivity contribution in [1.82, 2.24) is 0 Å². The molecule has 2 rings (SSSR count). The Balaban J connectivity index is 2.14. The zero-order valence-electron chi connectivity index (χ0n) is 10.3. The fourth-order valence-electron chi connectivity index (χ4n) is 1.61. The van der Waals surface area contributed by atoms with Crippen molar-refractivity contribution in [3.8, 4) is 0 Å². The van der Waals surface area contributed by atoms with E-state index in [0.29, 0.717) is 15.3 Å². The fourth-order valence-corrected chi connectivity index (χ4v) is 2.20. The van der Waals surface area contributed by atoms with Gasteiger partial charge in [-0.2, -0.15) is 0 Å². The predicted octanol–water partition coefficient (Wildman–Crippen LogP) is 3.96. The third-order valence-corrected chi connectivity index (χ3v) is 3.19. The Kier molecular flexibility index (Phi) is 4.70. The highest BCUT2D eigenvalue weighted by Gasteiger charge is 2.11. The second kappa shape index (κ2) is 6.49. The molecule has 0 amide bonds. The van der Waals surface area contributed by atoms with E-state index in [9.17, 15) is 4.79 Å². The topological polar surface area (TPSA) is 61.4 Å². The first kappa shape index (κ1) is 14.5. The first-order valence-corrected chi connectivity index (χ1v) is 6.92. The van der Waals surface area contributed by atoms with Gasteiger partial charge in [0, 0.05) is 10.2 Å². The van der Waals surface area contributed by atoms with Crippen LogP contribution in [0.2, 0.25) is 0 Å². The van der Waals surface area contributed by atoms with Crippen LogP contribution in [0.25, 0.3) is 0 Å². The molecule has 0 saturated carbocycles. The molecule has 0 atom stereocenters. The van der Waals surface area contributed by atoms with Crippen LogP contribution in [0.1, 0.15) is 10.4 Å². The second-order valence-electron chi connectivity index (χ2n) is 3.94. The molecule has 4 nitrogen and oxygen atoms in total. The number of hydrogen-bond acceptors (Lipinski definition) is 2. The van der Waals surface area contributed by atoms with Crippen LogP contribution >= 0.6 is 28.1 Å². The summed E-state index contributed by atoms with van der Waals surface area (Å²) in [5, 5.41) is 15.4. The Morgan fingerprint density at radius 3 is 2.45 bits per heavy atom. The standard InChI is InChI=1S/C14H11BrN2O2S/c15-9-6-7-12(11(8-9)13(18)19)17-14(20)16-10-4-2-1-3-5-10/h1-8H,(H,18,19)(H2,16,17,20). The summed E-state index contributed by atoms with van der Waals surface area (Å²) in [6.07, 6.45) is 0. The molecule has 0 saturated heterocycles. The molecule has 0 aromatic heterocycles. The first-order chi connectivity index (χ1) is 9.56. The van der Waals surface area contributed by atoms with Gasteiger partial charge in [0.15, 0.2) is 5.11 Å². The Bertz CT molecular complexity index is 647. The van der Waals surface area contributed by atoms with Gasteiger partial charge in [0.05, 0.1) is 11.3 Å². The van der Waals surface area contributed by atoms with Crippen LogP contribution in [-0.2, 0) is 0 Å². The van der Waals surface area contributed by atoms with Crippen LogP contribution in [0.3, 0.4) is 0 Å². The molecule has 0 aliphatic rings. The van der Waals surface area contributed by atoms with E-state index < -0.39 is 5.97 Å². The quantitative estimate of drug-likeness (QED) is 0.731. The highest BCUT2D eigenvalue weighted by molar-refractivity contribution is 9.10. The number of para-hydroxylation sites is 1. The minimum absolute atomic E-state index is 0.150. The number of carbonyl (C=O) groups is 1.